The molecule has 15 aromatic carbocycles. The van der Waals surface area contributed by atoms with Crippen LogP contribution in [0.4, 0.5) is 0 Å². The highest BCUT2D eigenvalue weighted by Gasteiger charge is 2.37. The summed E-state index contributed by atoms with van der Waals surface area (Å²) in [6, 6.07) is 168. The van der Waals surface area contributed by atoms with Crippen LogP contribution in [0, 0.1) is 0 Å². The van der Waals surface area contributed by atoms with Gasteiger partial charge in [0.1, 0.15) is 11.6 Å². The highest BCUT2D eigenvalue weighted by Crippen LogP contribution is 2.59. The van der Waals surface area contributed by atoms with Crippen LogP contribution in [0.25, 0.3) is 280 Å². The van der Waals surface area contributed by atoms with Gasteiger partial charge in [0.15, 0.2) is 0 Å². The number of benzene rings is 15. The Labute approximate surface area is 864 Å². The van der Waals surface area contributed by atoms with Crippen molar-refractivity contribution in [3.8, 4) is 236 Å². The number of fused-ring (bicyclic) bond motifs is 20. The van der Waals surface area contributed by atoms with Gasteiger partial charge in [0.25, 0.3) is 0 Å². The molecule has 14 heteroatoms. The molecule has 14 nitrogen and oxygen atoms in total. The van der Waals surface area contributed by atoms with E-state index in [1.54, 1.807) is 12.4 Å². The van der Waals surface area contributed by atoms with Gasteiger partial charge in [-0.05, 0) is 220 Å². The van der Waals surface area contributed by atoms with Gasteiger partial charge in [-0.1, -0.05) is 370 Å². The predicted octanol–water partition coefficient (Wildman–Crippen LogP) is 33.4. The standard InChI is InChI=1S/C41H26N4.C36H23N3.C30H19N3.C29H18N4/c1-3-14-27(15-4-1)35-26-36(28-16-5-2-6-17-28)44-41(43-35)45-37-24-13-22-32-30-19-8-7-18-29(30)31-20-9-10-21-33(31)39(38(32)37)40(45)34-23-11-12-25-42-34;1-2-12-24(13-3-1)30-20-11-22-33(38-30)39-32-21-10-18-28-26-15-5-4-14-25(26)27-16-6-7-17-29(27)35(34(28)32)36(39)31-19-8-9-23-37-31;1-2-11-21-20(10-1)22-12-3-4-13-24(22)29-28-23(21)14-9-16-26(28)33(27-17-6-8-19-32-27)30(29)25-15-5-7-18-31-25;1-2-10-20-19(9-1)21-11-3-4-12-23(21)27-26-22(20)13-7-15-25(26)33(29-31-17-8-18-32-29)28(27)24-14-5-6-16-30-24/h1-26H;1-23H;1-19H;1-18H. The van der Waals surface area contributed by atoms with E-state index in [-0.39, 0.29) is 0 Å². The van der Waals surface area contributed by atoms with Crippen molar-refractivity contribution in [1.29, 1.82) is 0 Å². The van der Waals surface area contributed by atoms with Crippen molar-refractivity contribution in [1.82, 2.24) is 68.1 Å². The van der Waals surface area contributed by atoms with Crippen molar-refractivity contribution < 1.29 is 0 Å². The van der Waals surface area contributed by atoms with Crippen LogP contribution in [-0.2, 0) is 0 Å². The molecule has 0 N–H and O–H groups in total. The second kappa shape index (κ2) is 37.0. The fourth-order valence-electron chi connectivity index (χ4n) is 23.0. The molecule has 0 amide bonds. The summed E-state index contributed by atoms with van der Waals surface area (Å²) in [7, 11) is 0. The average Bonchev–Trinajstić information content (AvgIpc) is 1.57. The van der Waals surface area contributed by atoms with E-state index in [0.717, 1.165) is 119 Å². The molecule has 31 rings (SSSR count). The van der Waals surface area contributed by atoms with Crippen LogP contribution in [0.5, 0.6) is 0 Å². The Bertz CT molecular complexity index is 9610. The molecular weight excluding hydrogens is 1830 g/mol. The molecule has 150 heavy (non-hydrogen) atoms. The number of aromatic nitrogens is 14. The first-order valence-electron chi connectivity index (χ1n) is 50.4. The predicted molar refractivity (Wildman–Crippen MR) is 609 cm³/mol. The molecular formula is C136H86N14. The van der Waals surface area contributed by atoms with E-state index in [2.05, 4.69) is 429 Å². The number of hydrogen-bond donors (Lipinski definition) is 0. The maximum atomic E-state index is 5.28. The minimum atomic E-state index is 0.607. The van der Waals surface area contributed by atoms with Crippen molar-refractivity contribution >= 4 is 43.6 Å². The Kier molecular flexibility index (Phi) is 21.6. The third kappa shape index (κ3) is 14.6. The Morgan fingerprint density at radius 1 is 0.133 bits per heavy atom. The summed E-state index contributed by atoms with van der Waals surface area (Å²) < 4.78 is 8.94. The van der Waals surface area contributed by atoms with Gasteiger partial charge >= 0.3 is 0 Å². The molecule has 0 saturated heterocycles. The quantitative estimate of drug-likeness (QED) is 0.122. The molecule has 27 aromatic rings. The Hall–Kier alpha value is -20.5. The summed E-state index contributed by atoms with van der Waals surface area (Å²) in [6.45, 7) is 0. The van der Waals surface area contributed by atoms with Gasteiger partial charge in [-0.15, -0.1) is 0 Å². The smallest absolute Gasteiger partial charge is 0.235 e. The zero-order chi connectivity index (χ0) is 99.1. The first kappa shape index (κ1) is 87.3. The zero-order valence-electron chi connectivity index (χ0n) is 80.9. The molecule has 0 saturated carbocycles. The number of rotatable bonds is 11. The van der Waals surface area contributed by atoms with Gasteiger partial charge in [0.05, 0.1) is 84.7 Å². The van der Waals surface area contributed by atoms with Crippen LogP contribution in [-0.4, -0.2) is 68.1 Å². The SMILES string of the molecule is c1ccc(-c2c3c4c(cccc4n2-c2ccccn2)-c2ccccc2-c2ccccc2-3)nc1.c1ccc(-c2c3c4c(cccc4n2-c2ncccn2)-c2ccccc2-c2ccccc2-3)nc1.c1ccc(-c2cc(-c3ccccc3)nc(-n3c(-c4ccccn4)c4c5c(cccc53)-c3ccccc3-c3ccccc3-4)n2)cc1.c1ccc(-c2cccc(-n3c(-c4ccccn4)c4c5c(cccc53)-c3ccccc3-c3ccccc3-4)n2)cc1. The lowest BCUT2D eigenvalue weighted by molar-refractivity contribution is 0.963. The monoisotopic (exact) mass is 1910 g/mol. The molecule has 0 radical (unpaired) electrons. The lowest BCUT2D eigenvalue weighted by Gasteiger charge is -2.16. The molecule has 12 aromatic heterocycles. The van der Waals surface area contributed by atoms with E-state index in [4.69, 9.17) is 39.9 Å². The highest BCUT2D eigenvalue weighted by molar-refractivity contribution is 6.23. The van der Waals surface area contributed by atoms with Crippen LogP contribution in [0.15, 0.2) is 523 Å². The summed E-state index contributed by atoms with van der Waals surface area (Å²) in [5.74, 6) is 3.00. The van der Waals surface area contributed by atoms with Gasteiger partial charge in [0.2, 0.25) is 11.9 Å². The first-order valence-corrected chi connectivity index (χ1v) is 50.4. The molecule has 12 heterocycles. The summed E-state index contributed by atoms with van der Waals surface area (Å²) >= 11 is 0. The Balaban J connectivity index is 0.0000000968. The molecule has 0 fully saturated rings. The Morgan fingerprint density at radius 3 is 0.673 bits per heavy atom. The van der Waals surface area contributed by atoms with E-state index >= 15 is 0 Å². The summed E-state index contributed by atoms with van der Waals surface area (Å²) in [6.07, 6.45) is 12.9. The van der Waals surface area contributed by atoms with E-state index < -0.39 is 0 Å². The number of hydrogen-bond acceptors (Lipinski definition) is 10. The van der Waals surface area contributed by atoms with E-state index in [1.807, 2.05) is 110 Å². The van der Waals surface area contributed by atoms with Crippen LogP contribution in [0.1, 0.15) is 0 Å². The van der Waals surface area contributed by atoms with Crippen molar-refractivity contribution in [2.75, 3.05) is 0 Å². The van der Waals surface area contributed by atoms with Crippen LogP contribution in [0.2, 0.25) is 0 Å². The molecule has 0 atom stereocenters. The number of nitrogens with zero attached hydrogens (tertiary/aromatic N) is 14. The molecule has 0 spiro atoms. The third-order valence-electron chi connectivity index (χ3n) is 29.1. The second-order valence-electron chi connectivity index (χ2n) is 37.4. The fourth-order valence-corrected chi connectivity index (χ4v) is 23.0. The van der Waals surface area contributed by atoms with Crippen LogP contribution < -0.4 is 0 Å². The van der Waals surface area contributed by atoms with Gasteiger partial charge in [-0.25, -0.2) is 29.9 Å². The summed E-state index contributed by atoms with van der Waals surface area (Å²) in [5, 5.41) is 4.83. The highest BCUT2D eigenvalue weighted by atomic mass is 15.2. The van der Waals surface area contributed by atoms with Crippen molar-refractivity contribution in [3.63, 3.8) is 0 Å². The van der Waals surface area contributed by atoms with Crippen LogP contribution in [0.3, 0.4) is 0 Å². The maximum absolute atomic E-state index is 5.28. The number of pyridine rings is 6. The molecule has 0 aliphatic heterocycles. The molecule has 4 aliphatic rings. The first-order chi connectivity index (χ1) is 74.6. The van der Waals surface area contributed by atoms with E-state index in [1.165, 1.54) is 150 Å². The molecule has 4 aliphatic carbocycles. The van der Waals surface area contributed by atoms with Gasteiger partial charge in [-0.2, -0.15) is 0 Å². The maximum Gasteiger partial charge on any atom is 0.235 e. The van der Waals surface area contributed by atoms with Crippen molar-refractivity contribution in [2.45, 2.75) is 0 Å². The van der Waals surface area contributed by atoms with Crippen LogP contribution >= 0.6 is 0 Å². The van der Waals surface area contributed by atoms with Crippen molar-refractivity contribution in [3.05, 3.63) is 523 Å². The summed E-state index contributed by atoms with van der Waals surface area (Å²) in [5.41, 5.74) is 47.0. The zero-order valence-corrected chi connectivity index (χ0v) is 80.9. The Morgan fingerprint density at radius 2 is 0.360 bits per heavy atom. The average molecular weight is 1920 g/mol. The minimum absolute atomic E-state index is 0.607. The third-order valence-corrected chi connectivity index (χ3v) is 29.1. The lowest BCUT2D eigenvalue weighted by atomic mass is 9.93. The van der Waals surface area contributed by atoms with Crippen molar-refractivity contribution in [2.24, 2.45) is 0 Å². The van der Waals surface area contributed by atoms with E-state index in [0.29, 0.717) is 11.9 Å². The topological polar surface area (TPSA) is 149 Å². The van der Waals surface area contributed by atoms with E-state index in [9.17, 15) is 0 Å². The van der Waals surface area contributed by atoms with Gasteiger partial charge < -0.3 is 0 Å². The minimum Gasteiger partial charge on any atom is -0.292 e. The molecule has 700 valence electrons. The fraction of sp³-hybridized carbons (Fsp3) is 0. The largest absolute Gasteiger partial charge is 0.292 e. The molecule has 0 unspecified atom stereocenters. The second-order valence-corrected chi connectivity index (χ2v) is 37.4. The normalized spacial score (nSPS) is 11.6. The van der Waals surface area contributed by atoms with Gasteiger partial charge in [0, 0.05) is 104 Å². The molecule has 0 bridgehead atoms. The van der Waals surface area contributed by atoms with Gasteiger partial charge in [-0.3, -0.25) is 38.2 Å². The lowest BCUT2D eigenvalue weighted by Crippen LogP contribution is -2.06. The summed E-state index contributed by atoms with van der Waals surface area (Å²) in [4.78, 5) is 49.1.